The van der Waals surface area contributed by atoms with E-state index in [0.717, 1.165) is 24.8 Å². The molecule has 0 heterocycles. The summed E-state index contributed by atoms with van der Waals surface area (Å²) in [6.07, 6.45) is 4.09. The van der Waals surface area contributed by atoms with Crippen molar-refractivity contribution in [3.63, 3.8) is 0 Å². The third kappa shape index (κ3) is 3.55. The third-order valence-corrected chi connectivity index (χ3v) is 2.75. The van der Waals surface area contributed by atoms with Gasteiger partial charge in [-0.25, -0.2) is 18.1 Å². The maximum Gasteiger partial charge on any atom is 0.123 e. The molecular weight excluding hydrogens is 237 g/mol. The number of carbonyl (C=O) groups excluding carboxylic acids is 1. The Hall–Kier alpha value is 0.384. The molecule has 1 aliphatic carbocycles. The monoisotopic (exact) mass is 254 g/mol. The van der Waals surface area contributed by atoms with Crippen LogP contribution in [0.1, 0.15) is 39.5 Å². The Balaban J connectivity index is 0.00000144. The largest absolute Gasteiger partial charge is 0.301 e. The molecule has 0 bridgehead atoms. The molecule has 0 aromatic carbocycles. The van der Waals surface area contributed by atoms with Crippen LogP contribution in [0.4, 0.5) is 0 Å². The molecule has 0 saturated heterocycles. The van der Waals surface area contributed by atoms with Gasteiger partial charge in [-0.15, -0.1) is 6.92 Å². The Morgan fingerprint density at radius 2 is 2.00 bits per heavy atom. The average molecular weight is 254 g/mol. The van der Waals surface area contributed by atoms with E-state index in [1.54, 1.807) is 0 Å². The van der Waals surface area contributed by atoms with Gasteiger partial charge in [0.15, 0.2) is 0 Å². The smallest absolute Gasteiger partial charge is 0.123 e. The molecule has 0 aliphatic heterocycles. The summed E-state index contributed by atoms with van der Waals surface area (Å²) in [6.45, 7) is 7.90. The van der Waals surface area contributed by atoms with E-state index in [0.29, 0.717) is 5.78 Å². The molecule has 0 spiro atoms. The van der Waals surface area contributed by atoms with Gasteiger partial charge in [0, 0.05) is 39.1 Å². The first-order chi connectivity index (χ1) is 5.63. The first-order valence-electron chi connectivity index (χ1n) is 4.65. The van der Waals surface area contributed by atoms with Gasteiger partial charge in [0.05, 0.1) is 0 Å². The van der Waals surface area contributed by atoms with Crippen LogP contribution in [0.3, 0.4) is 0 Å². The van der Waals surface area contributed by atoms with Crippen LogP contribution in [0.15, 0.2) is 11.1 Å². The molecule has 1 atom stereocenters. The van der Waals surface area contributed by atoms with Crippen LogP contribution in [0.5, 0.6) is 0 Å². The van der Waals surface area contributed by atoms with Crippen LogP contribution in [0.25, 0.3) is 0 Å². The van der Waals surface area contributed by atoms with Gasteiger partial charge in [-0.05, 0) is 12.3 Å². The van der Waals surface area contributed by atoms with E-state index in [2.05, 4.69) is 6.92 Å². The van der Waals surface area contributed by atoms with E-state index in [9.17, 15) is 4.79 Å². The van der Waals surface area contributed by atoms with Crippen molar-refractivity contribution in [1.82, 2.24) is 0 Å². The normalized spacial score (nSPS) is 24.8. The van der Waals surface area contributed by atoms with E-state index in [1.807, 2.05) is 13.8 Å². The average Bonchev–Trinajstić information content (AvgIpc) is 2.04. The van der Waals surface area contributed by atoms with Crippen LogP contribution in [0, 0.1) is 12.8 Å². The van der Waals surface area contributed by atoms with E-state index >= 15 is 0 Å². The number of ketones is 1. The van der Waals surface area contributed by atoms with Crippen molar-refractivity contribution >= 4 is 5.78 Å². The zero-order valence-electron chi connectivity index (χ0n) is 8.60. The molecule has 0 aromatic heterocycles. The number of allylic oxidation sites excluding steroid dienone is 2. The number of hydrogen-bond donors (Lipinski definition) is 0. The van der Waals surface area contributed by atoms with Crippen LogP contribution in [-0.2, 0) is 37.5 Å². The molecule has 1 nitrogen and oxygen atoms in total. The molecule has 0 aromatic rings. The van der Waals surface area contributed by atoms with Gasteiger partial charge in [-0.2, -0.15) is 0 Å². The van der Waals surface area contributed by atoms with Crippen molar-refractivity contribution in [2.75, 3.05) is 0 Å². The Kier molecular flexibility index (Phi) is 6.16. The summed E-state index contributed by atoms with van der Waals surface area (Å²) in [5, 5.41) is 0. The minimum atomic E-state index is 0. The summed E-state index contributed by atoms with van der Waals surface area (Å²) in [4.78, 5) is 11.5. The Morgan fingerprint density at radius 3 is 2.46 bits per heavy atom. The Labute approximate surface area is 106 Å². The molecule has 1 fully saturated rings. The first-order valence-corrected chi connectivity index (χ1v) is 4.65. The van der Waals surface area contributed by atoms with Gasteiger partial charge in [-0.1, -0.05) is 19.8 Å². The minimum absolute atomic E-state index is 0. The van der Waals surface area contributed by atoms with Crippen molar-refractivity contribution in [3.05, 3.63) is 18.1 Å². The topological polar surface area (TPSA) is 17.1 Å². The third-order valence-electron chi connectivity index (χ3n) is 2.75. The van der Waals surface area contributed by atoms with Gasteiger partial charge < -0.3 is 4.79 Å². The molecule has 0 N–H and O–H groups in total. The molecule has 0 amide bonds. The van der Waals surface area contributed by atoms with Crippen molar-refractivity contribution in [3.8, 4) is 0 Å². The van der Waals surface area contributed by atoms with Crippen molar-refractivity contribution < 1.29 is 37.5 Å². The van der Waals surface area contributed by atoms with Crippen molar-refractivity contribution in [2.24, 2.45) is 5.92 Å². The maximum atomic E-state index is 11.5. The summed E-state index contributed by atoms with van der Waals surface area (Å²) in [6, 6.07) is 0. The van der Waals surface area contributed by atoms with Crippen LogP contribution in [-0.4, -0.2) is 5.78 Å². The van der Waals surface area contributed by atoms with Gasteiger partial charge in [-0.3, -0.25) is 0 Å². The Morgan fingerprint density at radius 1 is 1.38 bits per heavy atom. The molecule has 1 saturated carbocycles. The van der Waals surface area contributed by atoms with Gasteiger partial charge in [0.25, 0.3) is 0 Å². The zero-order chi connectivity index (χ0) is 9.14. The van der Waals surface area contributed by atoms with E-state index in [4.69, 9.17) is 0 Å². The molecule has 13 heavy (non-hydrogen) atoms. The number of Topliss-reactive ketones (excluding diaryl/α,β-unsaturated/α-hetero) is 1. The van der Waals surface area contributed by atoms with Gasteiger partial charge >= 0.3 is 0 Å². The number of rotatable bonds is 1. The summed E-state index contributed by atoms with van der Waals surface area (Å²) < 4.78 is 0. The number of hydrogen-bond acceptors (Lipinski definition) is 1. The predicted octanol–water partition coefficient (Wildman–Crippen LogP) is 2.91. The van der Waals surface area contributed by atoms with Crippen LogP contribution in [0.2, 0.25) is 0 Å². The predicted molar refractivity (Wildman–Crippen MR) is 50.7 cm³/mol. The maximum absolute atomic E-state index is 11.5. The molecule has 71 valence electrons. The van der Waals surface area contributed by atoms with Gasteiger partial charge in [0.1, 0.15) is 5.78 Å². The summed E-state index contributed by atoms with van der Waals surface area (Å²) >= 11 is 0. The molecule has 1 radical (unpaired) electrons. The fourth-order valence-corrected chi connectivity index (χ4v) is 1.74. The summed E-state index contributed by atoms with van der Waals surface area (Å²) in [5.41, 5.74) is 2.26. The fraction of sp³-hybridized carbons (Fsp3) is 0.636. The minimum Gasteiger partial charge on any atom is -0.301 e. The molecule has 1 aliphatic rings. The Bertz CT molecular complexity index is 214. The molecule has 1 rings (SSSR count). The molecular formula is C11H17OY-. The van der Waals surface area contributed by atoms with Crippen LogP contribution >= 0.6 is 0 Å². The van der Waals surface area contributed by atoms with Gasteiger partial charge in [0.2, 0.25) is 0 Å². The zero-order valence-corrected chi connectivity index (χ0v) is 11.4. The second-order valence-electron chi connectivity index (χ2n) is 3.73. The van der Waals surface area contributed by atoms with E-state index in [-0.39, 0.29) is 38.6 Å². The summed E-state index contributed by atoms with van der Waals surface area (Å²) in [7, 11) is 0. The quantitative estimate of drug-likeness (QED) is 0.657. The molecule has 1 unspecified atom stereocenters. The van der Waals surface area contributed by atoms with E-state index in [1.165, 1.54) is 12.0 Å². The summed E-state index contributed by atoms with van der Waals surface area (Å²) in [5.74, 6) is 0.609. The SMILES string of the molecule is [CH2-]/C(C)=C(\C)C1CCCCC1=O.[Y]. The standard InChI is InChI=1S/C11H17O.Y/c1-8(2)9(3)10-6-4-5-7-11(10)12;/h10H,1,4-7H2,2-3H3;/q-1;/b9-8-;. The number of carbonyl (C=O) groups is 1. The second-order valence-corrected chi connectivity index (χ2v) is 3.73. The molecule has 2 heteroatoms. The fourth-order valence-electron chi connectivity index (χ4n) is 1.74. The van der Waals surface area contributed by atoms with Crippen molar-refractivity contribution in [2.45, 2.75) is 39.5 Å². The van der Waals surface area contributed by atoms with Crippen molar-refractivity contribution in [1.29, 1.82) is 0 Å². The second kappa shape index (κ2) is 5.98. The van der Waals surface area contributed by atoms with E-state index < -0.39 is 0 Å². The van der Waals surface area contributed by atoms with Crippen LogP contribution < -0.4 is 0 Å². The first kappa shape index (κ1) is 13.4.